The molecule has 23 heavy (non-hydrogen) atoms. The SMILES string of the molecule is Cc1ccc(NC(=O)Cn2c(=O)oc3cc(Cl)ccc32)cc1F. The van der Waals surface area contributed by atoms with E-state index < -0.39 is 17.5 Å². The number of fused-ring (bicyclic) bond motifs is 1. The van der Waals surface area contributed by atoms with Gasteiger partial charge in [-0.05, 0) is 36.8 Å². The smallest absolute Gasteiger partial charge is 0.408 e. The molecular weight excluding hydrogens is 323 g/mol. The Morgan fingerprint density at radius 2 is 2.09 bits per heavy atom. The lowest BCUT2D eigenvalue weighted by molar-refractivity contribution is -0.116. The molecule has 1 heterocycles. The Kier molecular flexibility index (Phi) is 3.92. The summed E-state index contributed by atoms with van der Waals surface area (Å²) in [5, 5.41) is 2.97. The number of aryl methyl sites for hydroxylation is 1. The summed E-state index contributed by atoms with van der Waals surface area (Å²) in [7, 11) is 0. The molecule has 0 spiro atoms. The molecule has 5 nitrogen and oxygen atoms in total. The molecule has 0 aliphatic carbocycles. The minimum absolute atomic E-state index is 0.247. The molecule has 1 aromatic heterocycles. The normalized spacial score (nSPS) is 10.9. The van der Waals surface area contributed by atoms with Crippen molar-refractivity contribution in [3.8, 4) is 0 Å². The number of amides is 1. The molecule has 7 heteroatoms. The van der Waals surface area contributed by atoms with Gasteiger partial charge in [-0.25, -0.2) is 9.18 Å². The highest BCUT2D eigenvalue weighted by Gasteiger charge is 2.13. The number of nitrogens with zero attached hydrogens (tertiary/aromatic N) is 1. The highest BCUT2D eigenvalue weighted by Crippen LogP contribution is 2.18. The first kappa shape index (κ1) is 15.3. The van der Waals surface area contributed by atoms with E-state index in [1.807, 2.05) is 0 Å². The lowest BCUT2D eigenvalue weighted by Crippen LogP contribution is -2.24. The van der Waals surface area contributed by atoms with E-state index in [9.17, 15) is 14.0 Å². The molecule has 3 aromatic rings. The zero-order chi connectivity index (χ0) is 16.6. The summed E-state index contributed by atoms with van der Waals surface area (Å²) in [6.45, 7) is 1.38. The van der Waals surface area contributed by atoms with Gasteiger partial charge in [0.25, 0.3) is 0 Å². The van der Waals surface area contributed by atoms with Crippen molar-refractivity contribution in [2.24, 2.45) is 0 Å². The second-order valence-corrected chi connectivity index (χ2v) is 5.51. The number of halogens is 2. The number of carbonyl (C=O) groups is 1. The fourth-order valence-corrected chi connectivity index (χ4v) is 2.37. The second-order valence-electron chi connectivity index (χ2n) is 5.08. The molecular formula is C16H12ClFN2O3. The molecule has 3 rings (SSSR count). The Bertz CT molecular complexity index is 962. The van der Waals surface area contributed by atoms with Gasteiger partial charge in [0.15, 0.2) is 5.58 Å². The van der Waals surface area contributed by atoms with Crippen molar-refractivity contribution >= 4 is 34.3 Å². The van der Waals surface area contributed by atoms with Gasteiger partial charge in [-0.3, -0.25) is 9.36 Å². The van der Waals surface area contributed by atoms with Gasteiger partial charge in [-0.2, -0.15) is 0 Å². The summed E-state index contributed by atoms with van der Waals surface area (Å²) in [5.74, 6) is -1.54. The molecule has 118 valence electrons. The third kappa shape index (κ3) is 3.12. The van der Waals surface area contributed by atoms with Crippen LogP contribution < -0.4 is 11.1 Å². The van der Waals surface area contributed by atoms with E-state index >= 15 is 0 Å². The fraction of sp³-hybridized carbons (Fsp3) is 0.125. The molecule has 0 atom stereocenters. The zero-order valence-corrected chi connectivity index (χ0v) is 12.9. The van der Waals surface area contributed by atoms with Gasteiger partial charge in [0.05, 0.1) is 5.52 Å². The Balaban J connectivity index is 1.84. The van der Waals surface area contributed by atoms with Crippen LogP contribution in [0.4, 0.5) is 10.1 Å². The molecule has 0 unspecified atom stereocenters. The maximum atomic E-state index is 13.5. The average molecular weight is 335 g/mol. The number of rotatable bonds is 3. The standard InChI is InChI=1S/C16H12ClFN2O3/c1-9-2-4-11(7-12(9)18)19-15(21)8-20-13-5-3-10(17)6-14(13)23-16(20)22/h2-7H,8H2,1H3,(H,19,21). The van der Waals surface area contributed by atoms with E-state index in [1.165, 1.54) is 16.7 Å². The highest BCUT2D eigenvalue weighted by atomic mass is 35.5. The molecule has 0 bridgehead atoms. The summed E-state index contributed by atoms with van der Waals surface area (Å²) in [6, 6.07) is 9.08. The fourth-order valence-electron chi connectivity index (χ4n) is 2.20. The third-order valence-electron chi connectivity index (χ3n) is 3.39. The Morgan fingerprint density at radius 1 is 1.30 bits per heavy atom. The summed E-state index contributed by atoms with van der Waals surface area (Å²) in [6.07, 6.45) is 0. The molecule has 0 saturated carbocycles. The Hall–Kier alpha value is -2.60. The number of benzene rings is 2. The van der Waals surface area contributed by atoms with Crippen LogP contribution >= 0.6 is 11.6 Å². The molecule has 0 aliphatic heterocycles. The van der Waals surface area contributed by atoms with Gasteiger partial charge in [0.1, 0.15) is 12.4 Å². The molecule has 0 aliphatic rings. The van der Waals surface area contributed by atoms with Crippen LogP contribution in [0.15, 0.2) is 45.6 Å². The van der Waals surface area contributed by atoms with E-state index in [4.69, 9.17) is 16.0 Å². The number of hydrogen-bond donors (Lipinski definition) is 1. The molecule has 1 N–H and O–H groups in total. The Labute approximate surface area is 135 Å². The number of carbonyl (C=O) groups excluding carboxylic acids is 1. The second kappa shape index (κ2) is 5.89. The summed E-state index contributed by atoms with van der Waals surface area (Å²) in [5.41, 5.74) is 1.57. The summed E-state index contributed by atoms with van der Waals surface area (Å²) in [4.78, 5) is 23.9. The van der Waals surface area contributed by atoms with Crippen molar-refractivity contribution < 1.29 is 13.6 Å². The Morgan fingerprint density at radius 3 is 2.83 bits per heavy atom. The van der Waals surface area contributed by atoms with Crippen molar-refractivity contribution in [1.29, 1.82) is 0 Å². The minimum Gasteiger partial charge on any atom is -0.408 e. The van der Waals surface area contributed by atoms with E-state index in [1.54, 1.807) is 31.2 Å². The van der Waals surface area contributed by atoms with Gasteiger partial charge >= 0.3 is 5.76 Å². The molecule has 0 fully saturated rings. The zero-order valence-electron chi connectivity index (χ0n) is 12.1. The number of anilines is 1. The van der Waals surface area contributed by atoms with Crippen molar-refractivity contribution in [2.45, 2.75) is 13.5 Å². The van der Waals surface area contributed by atoms with Crippen LogP contribution in [0.1, 0.15) is 5.56 Å². The third-order valence-corrected chi connectivity index (χ3v) is 3.62. The van der Waals surface area contributed by atoms with E-state index in [0.717, 1.165) is 0 Å². The van der Waals surface area contributed by atoms with Crippen LogP contribution in [0.2, 0.25) is 5.02 Å². The summed E-state index contributed by atoms with van der Waals surface area (Å²) < 4.78 is 19.7. The van der Waals surface area contributed by atoms with Crippen molar-refractivity contribution in [2.75, 3.05) is 5.32 Å². The average Bonchev–Trinajstić information content (AvgIpc) is 2.78. The first-order chi connectivity index (χ1) is 10.9. The van der Waals surface area contributed by atoms with Crippen LogP contribution in [0, 0.1) is 12.7 Å². The predicted molar refractivity (Wildman–Crippen MR) is 85.3 cm³/mol. The van der Waals surface area contributed by atoms with Crippen molar-refractivity contribution in [3.05, 3.63) is 63.4 Å². The van der Waals surface area contributed by atoms with Crippen LogP contribution in [-0.4, -0.2) is 10.5 Å². The van der Waals surface area contributed by atoms with Gasteiger partial charge in [0, 0.05) is 16.8 Å². The predicted octanol–water partition coefficient (Wildman–Crippen LogP) is 3.33. The van der Waals surface area contributed by atoms with Crippen LogP contribution in [0.5, 0.6) is 0 Å². The first-order valence-corrected chi connectivity index (χ1v) is 7.17. The van der Waals surface area contributed by atoms with Crippen LogP contribution in [0.3, 0.4) is 0 Å². The first-order valence-electron chi connectivity index (χ1n) is 6.79. The highest BCUT2D eigenvalue weighted by molar-refractivity contribution is 6.31. The topological polar surface area (TPSA) is 64.2 Å². The van der Waals surface area contributed by atoms with Gasteiger partial charge in [-0.1, -0.05) is 17.7 Å². The maximum Gasteiger partial charge on any atom is 0.420 e. The van der Waals surface area contributed by atoms with Crippen molar-refractivity contribution in [3.63, 3.8) is 0 Å². The molecule has 0 saturated heterocycles. The molecule has 1 amide bonds. The van der Waals surface area contributed by atoms with Crippen molar-refractivity contribution in [1.82, 2.24) is 4.57 Å². The maximum absolute atomic E-state index is 13.5. The van der Waals surface area contributed by atoms with E-state index in [-0.39, 0.29) is 6.54 Å². The monoisotopic (exact) mass is 334 g/mol. The number of oxazole rings is 1. The van der Waals surface area contributed by atoms with Gasteiger partial charge < -0.3 is 9.73 Å². The number of nitrogens with one attached hydrogen (secondary N) is 1. The minimum atomic E-state index is -0.660. The van der Waals surface area contributed by atoms with Crippen LogP contribution in [0.25, 0.3) is 11.1 Å². The van der Waals surface area contributed by atoms with Gasteiger partial charge in [-0.15, -0.1) is 0 Å². The number of hydrogen-bond acceptors (Lipinski definition) is 3. The lowest BCUT2D eigenvalue weighted by atomic mass is 10.2. The molecule has 2 aromatic carbocycles. The van der Waals surface area contributed by atoms with E-state index in [0.29, 0.717) is 27.4 Å². The van der Waals surface area contributed by atoms with Crippen LogP contribution in [-0.2, 0) is 11.3 Å². The van der Waals surface area contributed by atoms with E-state index in [2.05, 4.69) is 5.32 Å². The largest absolute Gasteiger partial charge is 0.420 e. The quantitative estimate of drug-likeness (QED) is 0.799. The molecule has 0 radical (unpaired) electrons. The lowest BCUT2D eigenvalue weighted by Gasteiger charge is -2.07. The number of aromatic nitrogens is 1. The van der Waals surface area contributed by atoms with Gasteiger partial charge in [0.2, 0.25) is 5.91 Å². The summed E-state index contributed by atoms with van der Waals surface area (Å²) >= 11 is 5.83.